The minimum Gasteiger partial charge on any atom is -0.326 e. The van der Waals surface area contributed by atoms with Gasteiger partial charge in [-0.25, -0.2) is 4.39 Å². The Morgan fingerprint density at radius 3 is 2.62 bits per heavy atom. The fourth-order valence-electron chi connectivity index (χ4n) is 3.09. The molecule has 0 amide bonds. The van der Waals surface area contributed by atoms with Crippen LogP contribution in [-0.2, 0) is 26.1 Å². The van der Waals surface area contributed by atoms with Crippen LogP contribution in [0.2, 0.25) is 0 Å². The van der Waals surface area contributed by atoms with Gasteiger partial charge in [-0.15, -0.1) is 0 Å². The van der Waals surface area contributed by atoms with Gasteiger partial charge in [-0.05, 0) is 53.8 Å². The number of halogens is 1. The maximum Gasteiger partial charge on any atom is 0.123 e. The highest BCUT2D eigenvalue weighted by atomic mass is 19.1. The first-order valence-corrected chi connectivity index (χ1v) is 7.52. The molecule has 21 heavy (non-hydrogen) atoms. The summed E-state index contributed by atoms with van der Waals surface area (Å²) < 4.78 is 13.6. The van der Waals surface area contributed by atoms with Gasteiger partial charge in [-0.2, -0.15) is 0 Å². The van der Waals surface area contributed by atoms with Gasteiger partial charge in [0.15, 0.2) is 0 Å². The zero-order valence-electron chi connectivity index (χ0n) is 12.2. The molecule has 3 rings (SSSR count). The number of nitrogens with zero attached hydrogens (tertiary/aromatic N) is 1. The third-order valence-electron chi connectivity index (χ3n) is 4.09. The lowest BCUT2D eigenvalue weighted by molar-refractivity contribution is 0.260. The predicted octanol–water partition coefficient (Wildman–Crippen LogP) is 3.23. The van der Waals surface area contributed by atoms with Crippen molar-refractivity contribution in [2.75, 3.05) is 6.54 Å². The number of hydrogen-bond acceptors (Lipinski definition) is 2. The minimum atomic E-state index is -0.192. The highest BCUT2D eigenvalue weighted by Crippen LogP contribution is 2.20. The van der Waals surface area contributed by atoms with Crippen molar-refractivity contribution >= 4 is 0 Å². The topological polar surface area (TPSA) is 29.3 Å². The minimum absolute atomic E-state index is 0.192. The number of fused-ring (bicyclic) bond motifs is 1. The monoisotopic (exact) mass is 284 g/mol. The quantitative estimate of drug-likeness (QED) is 0.937. The van der Waals surface area contributed by atoms with Crippen LogP contribution in [-0.4, -0.2) is 11.4 Å². The Labute approximate surface area is 125 Å². The molecule has 0 spiro atoms. The molecule has 0 radical (unpaired) electrons. The Morgan fingerprint density at radius 1 is 1.05 bits per heavy atom. The maximum atomic E-state index is 13.6. The average Bonchev–Trinajstić information content (AvgIpc) is 2.68. The second kappa shape index (κ2) is 6.37. The molecule has 2 nitrogen and oxygen atoms in total. The molecule has 2 aromatic carbocycles. The first-order valence-electron chi connectivity index (χ1n) is 7.52. The molecule has 0 atom stereocenters. The maximum absolute atomic E-state index is 13.6. The van der Waals surface area contributed by atoms with Crippen molar-refractivity contribution in [3.8, 4) is 0 Å². The lowest BCUT2D eigenvalue weighted by Gasteiger charge is -2.21. The van der Waals surface area contributed by atoms with E-state index < -0.39 is 0 Å². The van der Waals surface area contributed by atoms with E-state index in [-0.39, 0.29) is 5.82 Å². The molecule has 110 valence electrons. The number of benzene rings is 2. The SMILES string of the molecule is NCc1cc(F)cc(CN2CCCc3ccccc3C2)c1. The van der Waals surface area contributed by atoms with Gasteiger partial charge in [0.1, 0.15) is 5.82 Å². The Balaban J connectivity index is 1.78. The summed E-state index contributed by atoms with van der Waals surface area (Å²) in [6.45, 7) is 3.14. The molecular formula is C18H21FN2. The molecule has 1 aliphatic rings. The van der Waals surface area contributed by atoms with Crippen molar-refractivity contribution in [2.45, 2.75) is 32.5 Å². The van der Waals surface area contributed by atoms with Crippen LogP contribution in [0.3, 0.4) is 0 Å². The van der Waals surface area contributed by atoms with Crippen LogP contribution in [0.25, 0.3) is 0 Å². The molecule has 0 saturated carbocycles. The van der Waals surface area contributed by atoms with Crippen LogP contribution in [0.15, 0.2) is 42.5 Å². The zero-order valence-corrected chi connectivity index (χ0v) is 12.2. The summed E-state index contributed by atoms with van der Waals surface area (Å²) in [6.07, 6.45) is 2.28. The van der Waals surface area contributed by atoms with Crippen LogP contribution in [0.5, 0.6) is 0 Å². The van der Waals surface area contributed by atoms with Crippen molar-refractivity contribution in [3.63, 3.8) is 0 Å². The lowest BCUT2D eigenvalue weighted by Crippen LogP contribution is -2.23. The van der Waals surface area contributed by atoms with E-state index in [4.69, 9.17) is 5.73 Å². The summed E-state index contributed by atoms with van der Waals surface area (Å²) >= 11 is 0. The fraction of sp³-hybridized carbons (Fsp3) is 0.333. The molecule has 3 heteroatoms. The molecule has 0 aromatic heterocycles. The average molecular weight is 284 g/mol. The first-order chi connectivity index (χ1) is 10.2. The molecule has 2 N–H and O–H groups in total. The van der Waals surface area contributed by atoms with Gasteiger partial charge in [0.05, 0.1) is 0 Å². The van der Waals surface area contributed by atoms with E-state index in [1.165, 1.54) is 17.2 Å². The standard InChI is InChI=1S/C18H21FN2/c19-18-9-14(11-20)8-15(10-18)12-21-7-3-6-16-4-1-2-5-17(16)13-21/h1-2,4-5,8-10H,3,6-7,11-13,20H2. The van der Waals surface area contributed by atoms with Crippen LogP contribution in [0.4, 0.5) is 4.39 Å². The van der Waals surface area contributed by atoms with Crippen LogP contribution < -0.4 is 5.73 Å². The van der Waals surface area contributed by atoms with E-state index in [9.17, 15) is 4.39 Å². The van der Waals surface area contributed by atoms with Crippen LogP contribution in [0, 0.1) is 5.82 Å². The summed E-state index contributed by atoms with van der Waals surface area (Å²) in [7, 11) is 0. The predicted molar refractivity (Wildman–Crippen MR) is 83.2 cm³/mol. The van der Waals surface area contributed by atoms with Gasteiger partial charge in [-0.1, -0.05) is 30.3 Å². The molecule has 0 unspecified atom stereocenters. The first kappa shape index (κ1) is 14.2. The van der Waals surface area contributed by atoms with E-state index in [0.29, 0.717) is 6.54 Å². The van der Waals surface area contributed by atoms with Crippen LogP contribution >= 0.6 is 0 Å². The largest absolute Gasteiger partial charge is 0.326 e. The van der Waals surface area contributed by atoms with Crippen molar-refractivity contribution < 1.29 is 4.39 Å². The van der Waals surface area contributed by atoms with E-state index in [0.717, 1.165) is 43.6 Å². The third kappa shape index (κ3) is 3.49. The molecule has 1 heterocycles. The Hall–Kier alpha value is -1.71. The summed E-state index contributed by atoms with van der Waals surface area (Å²) in [5.74, 6) is -0.192. The van der Waals surface area contributed by atoms with Gasteiger partial charge >= 0.3 is 0 Å². The molecular weight excluding hydrogens is 263 g/mol. The third-order valence-corrected chi connectivity index (χ3v) is 4.09. The van der Waals surface area contributed by atoms with Crippen LogP contribution in [0.1, 0.15) is 28.7 Å². The lowest BCUT2D eigenvalue weighted by atomic mass is 10.0. The Bertz CT molecular complexity index is 624. The Morgan fingerprint density at radius 2 is 1.81 bits per heavy atom. The van der Waals surface area contributed by atoms with E-state index >= 15 is 0 Å². The molecule has 1 aliphatic heterocycles. The second-order valence-corrected chi connectivity index (χ2v) is 5.75. The number of aryl methyl sites for hydroxylation is 1. The van der Waals surface area contributed by atoms with Crippen molar-refractivity contribution in [1.29, 1.82) is 0 Å². The summed E-state index contributed by atoms with van der Waals surface area (Å²) in [5.41, 5.74) is 10.3. The molecule has 0 fully saturated rings. The highest BCUT2D eigenvalue weighted by Gasteiger charge is 2.14. The molecule has 0 bridgehead atoms. The summed E-state index contributed by atoms with van der Waals surface area (Å²) in [6, 6.07) is 13.8. The smallest absolute Gasteiger partial charge is 0.123 e. The summed E-state index contributed by atoms with van der Waals surface area (Å²) in [5, 5.41) is 0. The van der Waals surface area contributed by atoms with Crippen molar-refractivity contribution in [3.05, 3.63) is 70.5 Å². The van der Waals surface area contributed by atoms with E-state index in [2.05, 4.69) is 29.2 Å². The van der Waals surface area contributed by atoms with Gasteiger partial charge in [0.2, 0.25) is 0 Å². The number of rotatable bonds is 3. The molecule has 2 aromatic rings. The number of hydrogen-bond donors (Lipinski definition) is 1. The Kier molecular flexibility index (Phi) is 4.32. The normalized spacial score (nSPS) is 15.5. The fourth-order valence-corrected chi connectivity index (χ4v) is 3.09. The highest BCUT2D eigenvalue weighted by molar-refractivity contribution is 5.29. The molecule has 0 aliphatic carbocycles. The van der Waals surface area contributed by atoms with E-state index in [1.54, 1.807) is 6.07 Å². The zero-order chi connectivity index (χ0) is 14.7. The van der Waals surface area contributed by atoms with Crippen molar-refractivity contribution in [1.82, 2.24) is 4.90 Å². The van der Waals surface area contributed by atoms with E-state index in [1.807, 2.05) is 6.07 Å². The van der Waals surface area contributed by atoms with Gasteiger partial charge < -0.3 is 5.73 Å². The molecule has 0 saturated heterocycles. The summed E-state index contributed by atoms with van der Waals surface area (Å²) in [4.78, 5) is 2.39. The van der Waals surface area contributed by atoms with Gasteiger partial charge in [0.25, 0.3) is 0 Å². The van der Waals surface area contributed by atoms with Gasteiger partial charge in [-0.3, -0.25) is 4.90 Å². The second-order valence-electron chi connectivity index (χ2n) is 5.75. The number of nitrogens with two attached hydrogens (primary N) is 1. The van der Waals surface area contributed by atoms with Gasteiger partial charge in [0, 0.05) is 19.6 Å². The van der Waals surface area contributed by atoms with Crippen molar-refractivity contribution in [2.24, 2.45) is 5.73 Å².